The van der Waals surface area contributed by atoms with Crippen molar-refractivity contribution in [3.05, 3.63) is 47.6 Å². The molecule has 1 aromatic carbocycles. The van der Waals surface area contributed by atoms with Gasteiger partial charge >= 0.3 is 0 Å². The average molecular weight is 504 g/mol. The van der Waals surface area contributed by atoms with Crippen LogP contribution in [0.5, 0.6) is 0 Å². The third-order valence-corrected chi connectivity index (χ3v) is 7.88. The second-order valence-corrected chi connectivity index (χ2v) is 11.9. The van der Waals surface area contributed by atoms with Crippen LogP contribution in [-0.4, -0.2) is 58.2 Å². The van der Waals surface area contributed by atoms with E-state index in [-0.39, 0.29) is 12.0 Å². The largest absolute Gasteiger partial charge is 0.382 e. The summed E-state index contributed by atoms with van der Waals surface area (Å²) in [5, 5.41) is 15.0. The lowest BCUT2D eigenvalue weighted by molar-refractivity contribution is 0.0687. The minimum absolute atomic E-state index is 0.00529. The van der Waals surface area contributed by atoms with Crippen LogP contribution in [0, 0.1) is 5.92 Å². The van der Waals surface area contributed by atoms with Gasteiger partial charge in [0.1, 0.15) is 5.60 Å². The van der Waals surface area contributed by atoms with E-state index in [9.17, 15) is 13.5 Å². The van der Waals surface area contributed by atoms with E-state index in [2.05, 4.69) is 27.2 Å². The second-order valence-electron chi connectivity index (χ2n) is 9.52. The number of halogens is 1. The number of benzene rings is 1. The van der Waals surface area contributed by atoms with Gasteiger partial charge in [-0.2, -0.15) is 0 Å². The van der Waals surface area contributed by atoms with Gasteiger partial charge in [0, 0.05) is 48.7 Å². The maximum atomic E-state index is 12.0. The van der Waals surface area contributed by atoms with Crippen molar-refractivity contribution in [1.82, 2.24) is 19.3 Å². The fourth-order valence-corrected chi connectivity index (χ4v) is 5.44. The summed E-state index contributed by atoms with van der Waals surface area (Å²) in [6.45, 7) is 6.41. The van der Waals surface area contributed by atoms with Crippen LogP contribution in [0.25, 0.3) is 22.0 Å². The number of pyridine rings is 1. The van der Waals surface area contributed by atoms with Gasteiger partial charge in [-0.1, -0.05) is 17.7 Å². The summed E-state index contributed by atoms with van der Waals surface area (Å²) in [5.41, 5.74) is 2.16. The molecule has 0 radical (unpaired) electrons. The second kappa shape index (κ2) is 9.37. The van der Waals surface area contributed by atoms with Crippen molar-refractivity contribution in [2.45, 2.75) is 45.3 Å². The van der Waals surface area contributed by atoms with Crippen LogP contribution in [0.1, 0.15) is 39.4 Å². The van der Waals surface area contributed by atoms with Gasteiger partial charge in [-0.05, 0) is 57.2 Å². The normalized spacial score (nSPS) is 18.7. The molecule has 2 N–H and O–H groups in total. The van der Waals surface area contributed by atoms with Gasteiger partial charge in [0.15, 0.2) is 5.82 Å². The molecule has 182 valence electrons. The van der Waals surface area contributed by atoms with Gasteiger partial charge in [-0.15, -0.1) is 0 Å². The van der Waals surface area contributed by atoms with Crippen molar-refractivity contribution in [1.29, 1.82) is 0 Å². The summed E-state index contributed by atoms with van der Waals surface area (Å²) in [6, 6.07) is 5.87. The molecule has 3 aromatic rings. The van der Waals surface area contributed by atoms with Crippen LogP contribution in [-0.2, 0) is 15.6 Å². The van der Waals surface area contributed by atoms with E-state index in [1.54, 1.807) is 36.7 Å². The molecule has 34 heavy (non-hydrogen) atoms. The van der Waals surface area contributed by atoms with Gasteiger partial charge in [-0.25, -0.2) is 22.7 Å². The van der Waals surface area contributed by atoms with Gasteiger partial charge in [0.05, 0.1) is 22.5 Å². The number of sulfonamides is 1. The predicted octanol–water partition coefficient (Wildman–Crippen LogP) is 4.04. The molecule has 1 saturated heterocycles. The minimum Gasteiger partial charge on any atom is -0.382 e. The molecular formula is C24H30ClN5O3S. The van der Waals surface area contributed by atoms with Gasteiger partial charge in [0.25, 0.3) is 0 Å². The number of fused-ring (bicyclic) bond motifs is 1. The van der Waals surface area contributed by atoms with Gasteiger partial charge < -0.3 is 10.4 Å². The average Bonchev–Trinajstić information content (AvgIpc) is 2.79. The lowest BCUT2D eigenvalue weighted by Crippen LogP contribution is -2.44. The number of piperidine rings is 1. The number of hydrogen-bond acceptors (Lipinski definition) is 7. The van der Waals surface area contributed by atoms with Crippen molar-refractivity contribution < 1.29 is 13.5 Å². The molecule has 0 spiro atoms. The fourth-order valence-electron chi connectivity index (χ4n) is 4.32. The Hall–Kier alpha value is -2.33. The molecule has 0 amide bonds. The van der Waals surface area contributed by atoms with Gasteiger partial charge in [-0.3, -0.25) is 4.98 Å². The Balaban J connectivity index is 1.64. The Morgan fingerprint density at radius 2 is 1.88 bits per heavy atom. The lowest BCUT2D eigenvalue weighted by atomic mass is 9.92. The molecule has 8 nitrogen and oxygen atoms in total. The number of anilines is 1. The molecule has 2 aromatic heterocycles. The third kappa shape index (κ3) is 5.33. The molecule has 1 fully saturated rings. The first-order chi connectivity index (χ1) is 15.9. The van der Waals surface area contributed by atoms with Crippen molar-refractivity contribution in [3.63, 3.8) is 0 Å². The van der Waals surface area contributed by atoms with Crippen LogP contribution in [0.15, 0.2) is 36.8 Å². The lowest BCUT2D eigenvalue weighted by Gasteiger charge is -2.35. The van der Waals surface area contributed by atoms with E-state index in [0.717, 1.165) is 40.6 Å². The van der Waals surface area contributed by atoms with Crippen LogP contribution in [0.2, 0.25) is 5.02 Å². The predicted molar refractivity (Wildman–Crippen MR) is 135 cm³/mol. The molecule has 0 unspecified atom stereocenters. The summed E-state index contributed by atoms with van der Waals surface area (Å²) < 4.78 is 25.6. The first-order valence-electron chi connectivity index (χ1n) is 11.3. The zero-order valence-corrected chi connectivity index (χ0v) is 21.4. The molecule has 0 bridgehead atoms. The van der Waals surface area contributed by atoms with E-state index < -0.39 is 15.6 Å². The van der Waals surface area contributed by atoms with E-state index in [4.69, 9.17) is 11.6 Å². The molecule has 3 heterocycles. The van der Waals surface area contributed by atoms with Crippen molar-refractivity contribution in [3.8, 4) is 11.1 Å². The number of nitrogens with zero attached hydrogens (tertiary/aromatic N) is 4. The highest BCUT2D eigenvalue weighted by Gasteiger charge is 2.29. The van der Waals surface area contributed by atoms with Crippen molar-refractivity contribution in [2.75, 3.05) is 24.7 Å². The van der Waals surface area contributed by atoms with Crippen LogP contribution in [0.4, 0.5) is 5.69 Å². The van der Waals surface area contributed by atoms with E-state index in [1.807, 2.05) is 18.2 Å². The quantitative estimate of drug-likeness (QED) is 0.522. The zero-order chi connectivity index (χ0) is 24.7. The highest BCUT2D eigenvalue weighted by molar-refractivity contribution is 7.88. The van der Waals surface area contributed by atoms with E-state index in [0.29, 0.717) is 23.9 Å². The third-order valence-electron chi connectivity index (χ3n) is 6.32. The highest BCUT2D eigenvalue weighted by Crippen LogP contribution is 2.35. The molecule has 4 rings (SSSR count). The molecule has 2 atom stereocenters. The molecular weight excluding hydrogens is 474 g/mol. The smallest absolute Gasteiger partial charge is 0.211 e. The Morgan fingerprint density at radius 1 is 1.18 bits per heavy atom. The first kappa shape index (κ1) is 24.8. The Morgan fingerprint density at radius 3 is 2.53 bits per heavy atom. The van der Waals surface area contributed by atoms with E-state index >= 15 is 0 Å². The summed E-state index contributed by atoms with van der Waals surface area (Å²) in [7, 11) is -3.21. The monoisotopic (exact) mass is 503 g/mol. The SMILES string of the molecule is C[C@H](Nc1c(Cl)cnc2ccc(-c3cnc(C(C)(C)O)nc3)cc12)[C@H]1CCCN(S(C)(=O)=O)C1. The number of rotatable bonds is 6. The summed E-state index contributed by atoms with van der Waals surface area (Å²) in [5.74, 6) is 0.516. The van der Waals surface area contributed by atoms with Crippen LogP contribution >= 0.6 is 11.6 Å². The summed E-state index contributed by atoms with van der Waals surface area (Å²) >= 11 is 6.57. The Labute approximate surface area is 205 Å². The number of nitrogens with one attached hydrogen (secondary N) is 1. The molecule has 1 aliphatic heterocycles. The van der Waals surface area contributed by atoms with Crippen molar-refractivity contribution in [2.24, 2.45) is 5.92 Å². The topological polar surface area (TPSA) is 108 Å². The van der Waals surface area contributed by atoms with Gasteiger partial charge in [0.2, 0.25) is 10.0 Å². The summed E-state index contributed by atoms with van der Waals surface area (Å²) in [6.07, 6.45) is 8.05. The maximum absolute atomic E-state index is 12.0. The molecule has 10 heteroatoms. The zero-order valence-electron chi connectivity index (χ0n) is 19.8. The summed E-state index contributed by atoms with van der Waals surface area (Å²) in [4.78, 5) is 13.1. The number of hydrogen-bond donors (Lipinski definition) is 2. The van der Waals surface area contributed by atoms with Crippen molar-refractivity contribution >= 4 is 38.2 Å². The van der Waals surface area contributed by atoms with Crippen LogP contribution < -0.4 is 5.32 Å². The van der Waals surface area contributed by atoms with Crippen LogP contribution in [0.3, 0.4) is 0 Å². The standard InChI is InChI=1S/C24H30ClN5O3S/c1-15(17-6-5-9-30(14-17)34(4,32)33)29-22-19-10-16(7-8-21(19)26-13-20(22)25)18-11-27-23(28-12-18)24(2,3)31/h7-8,10-13,15,17,31H,5-6,9,14H2,1-4H3,(H,26,29)/t15-,17-/m0/s1. The molecule has 1 aliphatic rings. The minimum atomic E-state index is -3.21. The number of aromatic nitrogens is 3. The molecule has 0 saturated carbocycles. The number of aliphatic hydroxyl groups is 1. The fraction of sp³-hybridized carbons (Fsp3) is 0.458. The first-order valence-corrected chi connectivity index (χ1v) is 13.5. The Kier molecular flexibility index (Phi) is 6.83. The maximum Gasteiger partial charge on any atom is 0.211 e. The Bertz CT molecular complexity index is 1290. The highest BCUT2D eigenvalue weighted by atomic mass is 35.5. The van der Waals surface area contributed by atoms with E-state index in [1.165, 1.54) is 6.26 Å². The molecule has 0 aliphatic carbocycles.